The number of likely N-dealkylation sites (tertiary alicyclic amines) is 1. The zero-order chi connectivity index (χ0) is 11.7. The van der Waals surface area contributed by atoms with Crippen molar-refractivity contribution in [3.63, 3.8) is 0 Å². The van der Waals surface area contributed by atoms with E-state index in [1.54, 1.807) is 0 Å². The van der Waals surface area contributed by atoms with Gasteiger partial charge in [-0.3, -0.25) is 9.69 Å². The molecule has 3 nitrogen and oxygen atoms in total. The molecule has 2 saturated heterocycles. The SMILES string of the molecule is O=C1CCCCC1C1CCCN1C1CCOC1. The van der Waals surface area contributed by atoms with Crippen LogP contribution in [-0.2, 0) is 9.53 Å². The van der Waals surface area contributed by atoms with Crippen molar-refractivity contribution in [3.05, 3.63) is 0 Å². The number of ketones is 1. The monoisotopic (exact) mass is 237 g/mol. The maximum Gasteiger partial charge on any atom is 0.137 e. The summed E-state index contributed by atoms with van der Waals surface area (Å²) in [7, 11) is 0. The summed E-state index contributed by atoms with van der Waals surface area (Å²) < 4.78 is 5.51. The van der Waals surface area contributed by atoms with Gasteiger partial charge in [-0.15, -0.1) is 0 Å². The molecule has 1 aliphatic carbocycles. The zero-order valence-electron chi connectivity index (χ0n) is 10.6. The van der Waals surface area contributed by atoms with Crippen LogP contribution in [0.25, 0.3) is 0 Å². The molecule has 0 amide bonds. The Kier molecular flexibility index (Phi) is 3.48. The van der Waals surface area contributed by atoms with Gasteiger partial charge in [0.2, 0.25) is 0 Å². The van der Waals surface area contributed by atoms with E-state index in [2.05, 4.69) is 4.90 Å². The highest BCUT2D eigenvalue weighted by atomic mass is 16.5. The zero-order valence-corrected chi connectivity index (χ0v) is 10.6. The lowest BCUT2D eigenvalue weighted by molar-refractivity contribution is -0.127. The minimum Gasteiger partial charge on any atom is -0.380 e. The van der Waals surface area contributed by atoms with Gasteiger partial charge in [-0.2, -0.15) is 0 Å². The first-order chi connectivity index (χ1) is 8.36. The summed E-state index contributed by atoms with van der Waals surface area (Å²) in [6, 6.07) is 1.13. The second kappa shape index (κ2) is 5.07. The first kappa shape index (κ1) is 11.7. The Morgan fingerprint density at radius 1 is 1.12 bits per heavy atom. The topological polar surface area (TPSA) is 29.5 Å². The van der Waals surface area contributed by atoms with Crippen molar-refractivity contribution in [1.29, 1.82) is 0 Å². The largest absolute Gasteiger partial charge is 0.380 e. The van der Waals surface area contributed by atoms with Crippen LogP contribution < -0.4 is 0 Å². The fourth-order valence-electron chi connectivity index (χ4n) is 3.90. The van der Waals surface area contributed by atoms with Crippen LogP contribution >= 0.6 is 0 Å². The van der Waals surface area contributed by atoms with E-state index in [9.17, 15) is 4.79 Å². The number of nitrogens with zero attached hydrogens (tertiary/aromatic N) is 1. The molecule has 2 heterocycles. The molecule has 3 fully saturated rings. The lowest BCUT2D eigenvalue weighted by Crippen LogP contribution is -2.46. The molecular formula is C14H23NO2. The minimum absolute atomic E-state index is 0.340. The van der Waals surface area contributed by atoms with Crippen LogP contribution in [0.3, 0.4) is 0 Å². The van der Waals surface area contributed by atoms with E-state index in [4.69, 9.17) is 4.74 Å². The fraction of sp³-hybridized carbons (Fsp3) is 0.929. The second-order valence-corrected chi connectivity index (χ2v) is 5.78. The second-order valence-electron chi connectivity index (χ2n) is 5.78. The molecule has 3 rings (SSSR count). The molecular weight excluding hydrogens is 214 g/mol. The number of rotatable bonds is 2. The molecule has 3 heteroatoms. The molecule has 0 aromatic carbocycles. The van der Waals surface area contributed by atoms with Gasteiger partial charge in [0.1, 0.15) is 5.78 Å². The lowest BCUT2D eigenvalue weighted by Gasteiger charge is -2.36. The predicted octanol–water partition coefficient (Wildman–Crippen LogP) is 2.00. The van der Waals surface area contributed by atoms with Crippen LogP contribution in [0.2, 0.25) is 0 Å². The number of carbonyl (C=O) groups is 1. The Balaban J connectivity index is 1.69. The number of hydrogen-bond acceptors (Lipinski definition) is 3. The minimum atomic E-state index is 0.340. The third-order valence-corrected chi connectivity index (χ3v) is 4.78. The molecule has 0 aromatic rings. The smallest absolute Gasteiger partial charge is 0.137 e. The predicted molar refractivity (Wildman–Crippen MR) is 65.9 cm³/mol. The molecule has 0 radical (unpaired) electrons. The van der Waals surface area contributed by atoms with E-state index in [0.29, 0.717) is 23.8 Å². The number of hydrogen-bond donors (Lipinski definition) is 0. The molecule has 2 aliphatic heterocycles. The van der Waals surface area contributed by atoms with Crippen molar-refractivity contribution in [3.8, 4) is 0 Å². The van der Waals surface area contributed by atoms with E-state index in [1.165, 1.54) is 25.8 Å². The molecule has 3 aliphatic rings. The normalized spacial score (nSPS) is 40.0. The van der Waals surface area contributed by atoms with Crippen LogP contribution in [0.5, 0.6) is 0 Å². The van der Waals surface area contributed by atoms with E-state index < -0.39 is 0 Å². The molecule has 1 saturated carbocycles. The molecule has 3 unspecified atom stereocenters. The van der Waals surface area contributed by atoms with Crippen molar-refractivity contribution >= 4 is 5.78 Å². The van der Waals surface area contributed by atoms with Gasteiger partial charge in [0.15, 0.2) is 0 Å². The first-order valence-corrected chi connectivity index (χ1v) is 7.22. The van der Waals surface area contributed by atoms with Gasteiger partial charge in [0, 0.05) is 31.0 Å². The van der Waals surface area contributed by atoms with Crippen molar-refractivity contribution in [2.45, 2.75) is 57.0 Å². The first-order valence-electron chi connectivity index (χ1n) is 7.22. The lowest BCUT2D eigenvalue weighted by atomic mass is 9.81. The molecule has 96 valence electrons. The third kappa shape index (κ3) is 2.27. The highest BCUT2D eigenvalue weighted by molar-refractivity contribution is 5.82. The number of carbonyl (C=O) groups excluding carboxylic acids is 1. The van der Waals surface area contributed by atoms with Crippen molar-refractivity contribution in [2.75, 3.05) is 19.8 Å². The molecule has 3 atom stereocenters. The quantitative estimate of drug-likeness (QED) is 0.735. The van der Waals surface area contributed by atoms with Crippen LogP contribution in [0, 0.1) is 5.92 Å². The van der Waals surface area contributed by atoms with Crippen LogP contribution in [-0.4, -0.2) is 42.5 Å². The number of ether oxygens (including phenoxy) is 1. The van der Waals surface area contributed by atoms with Gasteiger partial charge in [0.05, 0.1) is 6.61 Å². The molecule has 0 spiro atoms. The average Bonchev–Trinajstić information content (AvgIpc) is 3.00. The van der Waals surface area contributed by atoms with Crippen molar-refractivity contribution < 1.29 is 9.53 Å². The molecule has 17 heavy (non-hydrogen) atoms. The Bertz CT molecular complexity index is 286. The van der Waals surface area contributed by atoms with Gasteiger partial charge in [0.25, 0.3) is 0 Å². The molecule has 0 bridgehead atoms. The van der Waals surface area contributed by atoms with Crippen molar-refractivity contribution in [2.24, 2.45) is 5.92 Å². The van der Waals surface area contributed by atoms with Gasteiger partial charge in [-0.05, 0) is 38.6 Å². The van der Waals surface area contributed by atoms with Crippen LogP contribution in [0.15, 0.2) is 0 Å². The summed E-state index contributed by atoms with van der Waals surface area (Å²) >= 11 is 0. The van der Waals surface area contributed by atoms with E-state index in [1.807, 2.05) is 0 Å². The maximum absolute atomic E-state index is 12.1. The highest BCUT2D eigenvalue weighted by Gasteiger charge is 2.40. The van der Waals surface area contributed by atoms with Crippen LogP contribution in [0.1, 0.15) is 44.9 Å². The highest BCUT2D eigenvalue weighted by Crippen LogP contribution is 2.34. The summed E-state index contributed by atoms with van der Waals surface area (Å²) in [6.07, 6.45) is 8.00. The Labute approximate surface area is 104 Å². The number of Topliss-reactive ketones (excluding diaryl/α,β-unsaturated/α-hetero) is 1. The van der Waals surface area contributed by atoms with Gasteiger partial charge in [-0.1, -0.05) is 6.42 Å². The summed E-state index contributed by atoms with van der Waals surface area (Å²) in [5, 5.41) is 0. The summed E-state index contributed by atoms with van der Waals surface area (Å²) in [5.41, 5.74) is 0. The Morgan fingerprint density at radius 2 is 2.06 bits per heavy atom. The van der Waals surface area contributed by atoms with E-state index in [-0.39, 0.29) is 0 Å². The van der Waals surface area contributed by atoms with Crippen molar-refractivity contribution in [1.82, 2.24) is 4.90 Å². The van der Waals surface area contributed by atoms with Gasteiger partial charge in [-0.25, -0.2) is 0 Å². The third-order valence-electron chi connectivity index (χ3n) is 4.78. The summed E-state index contributed by atoms with van der Waals surface area (Å²) in [4.78, 5) is 14.7. The summed E-state index contributed by atoms with van der Waals surface area (Å²) in [5.74, 6) is 0.874. The van der Waals surface area contributed by atoms with Crippen LogP contribution in [0.4, 0.5) is 0 Å². The van der Waals surface area contributed by atoms with E-state index >= 15 is 0 Å². The maximum atomic E-state index is 12.1. The van der Waals surface area contributed by atoms with E-state index in [0.717, 1.165) is 38.9 Å². The van der Waals surface area contributed by atoms with Gasteiger partial charge < -0.3 is 4.74 Å². The Hall–Kier alpha value is -0.410. The average molecular weight is 237 g/mol. The Morgan fingerprint density at radius 3 is 2.82 bits per heavy atom. The molecule has 0 N–H and O–H groups in total. The van der Waals surface area contributed by atoms with Gasteiger partial charge >= 0.3 is 0 Å². The fourth-order valence-corrected chi connectivity index (χ4v) is 3.90. The molecule has 0 aromatic heterocycles. The summed E-state index contributed by atoms with van der Waals surface area (Å²) in [6.45, 7) is 2.98. The standard InChI is InChI=1S/C14H23NO2/c16-14-6-2-1-4-12(14)13-5-3-8-15(13)11-7-9-17-10-11/h11-13H,1-10H2.